The summed E-state index contributed by atoms with van der Waals surface area (Å²) < 4.78 is -1.53. The van der Waals surface area contributed by atoms with E-state index in [1.54, 1.807) is 0 Å². The normalized spacial score (nSPS) is 37.0. The van der Waals surface area contributed by atoms with Gasteiger partial charge in [-0.15, -0.1) is 11.6 Å². The van der Waals surface area contributed by atoms with Crippen molar-refractivity contribution in [1.82, 2.24) is 0 Å². The first kappa shape index (κ1) is 9.52. The number of rotatable bonds is 1. The summed E-state index contributed by atoms with van der Waals surface area (Å²) in [5.74, 6) is -1.17. The highest BCUT2D eigenvalue weighted by atomic mass is 35.5. The minimum Gasteiger partial charge on any atom is -0.479 e. The van der Waals surface area contributed by atoms with Gasteiger partial charge in [0.1, 0.15) is 5.38 Å². The molecule has 6 heteroatoms. The molecular formula is C5H3Cl3O2S. The number of alkyl halides is 2. The van der Waals surface area contributed by atoms with Crippen molar-refractivity contribution in [3.63, 3.8) is 0 Å². The predicted molar refractivity (Wildman–Crippen MR) is 47.4 cm³/mol. The zero-order valence-electron chi connectivity index (χ0n) is 5.05. The fourth-order valence-corrected chi connectivity index (χ4v) is 2.42. The lowest BCUT2D eigenvalue weighted by atomic mass is 10.3. The van der Waals surface area contributed by atoms with E-state index in [0.29, 0.717) is 0 Å². The van der Waals surface area contributed by atoms with Gasteiger partial charge in [0.05, 0.1) is 0 Å². The highest BCUT2D eigenvalue weighted by Crippen LogP contribution is 2.48. The molecule has 1 heterocycles. The topological polar surface area (TPSA) is 37.3 Å². The minimum absolute atomic E-state index is 0.272. The molecule has 0 aromatic rings. The van der Waals surface area contributed by atoms with Crippen LogP contribution in [-0.2, 0) is 4.79 Å². The van der Waals surface area contributed by atoms with Gasteiger partial charge in [0.2, 0.25) is 4.21 Å². The first-order valence-electron chi connectivity index (χ1n) is 2.58. The van der Waals surface area contributed by atoms with Crippen molar-refractivity contribution < 1.29 is 9.90 Å². The van der Waals surface area contributed by atoms with Crippen molar-refractivity contribution in [3.8, 4) is 0 Å². The second kappa shape index (κ2) is 3.05. The van der Waals surface area contributed by atoms with Gasteiger partial charge in [-0.1, -0.05) is 35.0 Å². The van der Waals surface area contributed by atoms with Gasteiger partial charge >= 0.3 is 5.97 Å². The number of allylic oxidation sites excluding steroid dienone is 1. The van der Waals surface area contributed by atoms with Crippen molar-refractivity contribution in [2.24, 2.45) is 0 Å². The Morgan fingerprint density at radius 1 is 1.82 bits per heavy atom. The summed E-state index contributed by atoms with van der Waals surface area (Å²) in [5, 5.41) is 9.50. The van der Waals surface area contributed by atoms with Crippen LogP contribution in [0.25, 0.3) is 0 Å². The van der Waals surface area contributed by atoms with E-state index in [0.717, 1.165) is 11.8 Å². The van der Waals surface area contributed by atoms with E-state index in [9.17, 15) is 4.79 Å². The lowest BCUT2D eigenvalue weighted by molar-refractivity contribution is -0.137. The van der Waals surface area contributed by atoms with Crippen molar-refractivity contribution in [2.45, 2.75) is 9.58 Å². The Bertz CT molecular complexity index is 230. The molecule has 1 N–H and O–H groups in total. The number of halogens is 3. The van der Waals surface area contributed by atoms with Gasteiger partial charge in [0.15, 0.2) is 0 Å². The fourth-order valence-electron chi connectivity index (χ4n) is 0.598. The van der Waals surface area contributed by atoms with Crippen LogP contribution < -0.4 is 0 Å². The van der Waals surface area contributed by atoms with E-state index in [1.165, 1.54) is 5.41 Å². The predicted octanol–water partition coefficient (Wildman–Crippen LogP) is 2.44. The molecule has 0 bridgehead atoms. The van der Waals surface area contributed by atoms with Crippen LogP contribution in [0, 0.1) is 0 Å². The molecule has 0 spiro atoms. The van der Waals surface area contributed by atoms with Crippen LogP contribution in [0.5, 0.6) is 0 Å². The summed E-state index contributed by atoms with van der Waals surface area (Å²) >= 11 is 17.7. The molecule has 1 rings (SSSR count). The maximum atomic E-state index is 10.6. The van der Waals surface area contributed by atoms with E-state index in [1.807, 2.05) is 0 Å². The largest absolute Gasteiger partial charge is 0.479 e. The third-order valence-corrected chi connectivity index (χ3v) is 4.35. The van der Waals surface area contributed by atoms with Gasteiger partial charge in [-0.25, -0.2) is 4.79 Å². The van der Waals surface area contributed by atoms with E-state index in [-0.39, 0.29) is 5.03 Å². The highest BCUT2D eigenvalue weighted by Gasteiger charge is 2.49. The molecule has 0 aromatic carbocycles. The number of aliphatic carboxylic acids is 1. The summed E-state index contributed by atoms with van der Waals surface area (Å²) in [5.41, 5.74) is 0. The molecule has 2 atom stereocenters. The first-order valence-corrected chi connectivity index (χ1v) is 4.65. The van der Waals surface area contributed by atoms with E-state index in [2.05, 4.69) is 0 Å². The van der Waals surface area contributed by atoms with Crippen molar-refractivity contribution in [1.29, 1.82) is 0 Å². The summed E-state index contributed by atoms with van der Waals surface area (Å²) in [7, 11) is 0. The summed E-state index contributed by atoms with van der Waals surface area (Å²) in [6.07, 6.45) is 0. The number of hydrogen-bond donors (Lipinski definition) is 1. The molecule has 0 aliphatic carbocycles. The Hall–Kier alpha value is 0.430. The van der Waals surface area contributed by atoms with Crippen LogP contribution in [0.4, 0.5) is 0 Å². The SMILES string of the molecule is O=C(O)C1(Cl)SC=C(Cl)C1Cl. The lowest BCUT2D eigenvalue weighted by Gasteiger charge is -2.18. The molecule has 11 heavy (non-hydrogen) atoms. The van der Waals surface area contributed by atoms with Crippen LogP contribution in [0.2, 0.25) is 0 Å². The van der Waals surface area contributed by atoms with Gasteiger partial charge in [0.25, 0.3) is 0 Å². The Labute approximate surface area is 82.5 Å². The Morgan fingerprint density at radius 3 is 2.55 bits per heavy atom. The highest BCUT2D eigenvalue weighted by molar-refractivity contribution is 8.06. The molecule has 0 fully saturated rings. The molecule has 0 amide bonds. The average Bonchev–Trinajstić information content (AvgIpc) is 2.18. The maximum Gasteiger partial charge on any atom is 0.337 e. The molecule has 0 saturated heterocycles. The first-order chi connectivity index (χ1) is 4.98. The number of carboxylic acid groups (broad SMARTS) is 1. The minimum atomic E-state index is -1.53. The Balaban J connectivity index is 2.88. The number of carboxylic acids is 1. The van der Waals surface area contributed by atoms with Gasteiger partial charge in [0, 0.05) is 5.03 Å². The monoisotopic (exact) mass is 232 g/mol. The molecule has 2 unspecified atom stereocenters. The molecule has 0 radical (unpaired) electrons. The number of hydrogen-bond acceptors (Lipinski definition) is 2. The molecule has 0 saturated carbocycles. The quantitative estimate of drug-likeness (QED) is 0.707. The Morgan fingerprint density at radius 2 is 2.36 bits per heavy atom. The maximum absolute atomic E-state index is 10.6. The molecule has 0 aromatic heterocycles. The number of thioether (sulfide) groups is 1. The second-order valence-electron chi connectivity index (χ2n) is 1.93. The molecular weight excluding hydrogens is 230 g/mol. The van der Waals surface area contributed by atoms with Gasteiger partial charge in [-0.3, -0.25) is 0 Å². The van der Waals surface area contributed by atoms with Crippen molar-refractivity contribution in [3.05, 3.63) is 10.4 Å². The van der Waals surface area contributed by atoms with E-state index in [4.69, 9.17) is 39.9 Å². The van der Waals surface area contributed by atoms with Crippen LogP contribution in [0.15, 0.2) is 10.4 Å². The Kier molecular flexibility index (Phi) is 2.64. The summed E-state index contributed by atoms with van der Waals surface area (Å²) in [4.78, 5) is 10.6. The smallest absolute Gasteiger partial charge is 0.337 e. The standard InChI is InChI=1S/C5H3Cl3O2S/c6-2-1-11-5(8,3(2)7)4(9)10/h1,3H,(H,9,10). The second-order valence-corrected chi connectivity index (χ2v) is 4.74. The summed E-state index contributed by atoms with van der Waals surface area (Å²) in [6, 6.07) is 0. The van der Waals surface area contributed by atoms with Crippen molar-refractivity contribution >= 4 is 52.5 Å². The van der Waals surface area contributed by atoms with Gasteiger partial charge in [-0.05, 0) is 5.41 Å². The van der Waals surface area contributed by atoms with Crippen LogP contribution in [0.1, 0.15) is 0 Å². The van der Waals surface area contributed by atoms with Crippen LogP contribution >= 0.6 is 46.6 Å². The lowest BCUT2D eigenvalue weighted by Crippen LogP contribution is -2.35. The average molecular weight is 234 g/mol. The molecule has 1 aliphatic heterocycles. The molecule has 62 valence electrons. The molecule has 1 aliphatic rings. The van der Waals surface area contributed by atoms with E-state index < -0.39 is 15.6 Å². The summed E-state index contributed by atoms with van der Waals surface area (Å²) in [6.45, 7) is 0. The third-order valence-electron chi connectivity index (χ3n) is 1.20. The number of carbonyl (C=O) groups is 1. The third kappa shape index (κ3) is 1.47. The van der Waals surface area contributed by atoms with Crippen molar-refractivity contribution in [2.75, 3.05) is 0 Å². The van der Waals surface area contributed by atoms with Crippen LogP contribution in [0.3, 0.4) is 0 Å². The fraction of sp³-hybridized carbons (Fsp3) is 0.400. The zero-order valence-corrected chi connectivity index (χ0v) is 8.14. The van der Waals surface area contributed by atoms with Gasteiger partial charge in [-0.2, -0.15) is 0 Å². The molecule has 2 nitrogen and oxygen atoms in total. The zero-order chi connectivity index (χ0) is 8.65. The van der Waals surface area contributed by atoms with Crippen LogP contribution in [-0.4, -0.2) is 20.7 Å². The van der Waals surface area contributed by atoms with E-state index >= 15 is 0 Å². The van der Waals surface area contributed by atoms with Gasteiger partial charge < -0.3 is 5.11 Å².